The smallest absolute Gasteiger partial charge is 0.254 e. The van der Waals surface area contributed by atoms with Gasteiger partial charge in [-0.25, -0.2) is 4.39 Å². The lowest BCUT2D eigenvalue weighted by molar-refractivity contribution is -0.0439. The summed E-state index contributed by atoms with van der Waals surface area (Å²) in [4.78, 5) is 20.7. The average Bonchev–Trinajstić information content (AvgIpc) is 3.45. The molecule has 1 N–H and O–H groups in total. The van der Waals surface area contributed by atoms with E-state index in [1.54, 1.807) is 25.3 Å². The van der Waals surface area contributed by atoms with Crippen molar-refractivity contribution in [2.24, 2.45) is 5.92 Å². The Bertz CT molecular complexity index is 1360. The quantitative estimate of drug-likeness (QED) is 0.467. The second-order valence-corrected chi connectivity index (χ2v) is 11.2. The van der Waals surface area contributed by atoms with Gasteiger partial charge in [0, 0.05) is 43.4 Å². The van der Waals surface area contributed by atoms with E-state index in [0.717, 1.165) is 17.5 Å². The summed E-state index contributed by atoms with van der Waals surface area (Å²) in [6.07, 6.45) is 6.07. The lowest BCUT2D eigenvalue weighted by Crippen LogP contribution is -2.43. The molecule has 1 aromatic heterocycles. The number of hydrogen-bond acceptors (Lipinski definition) is 6. The minimum atomic E-state index is -0.838. The summed E-state index contributed by atoms with van der Waals surface area (Å²) in [6, 6.07) is 12.5. The number of benzene rings is 2. The zero-order chi connectivity index (χ0) is 26.4. The highest BCUT2D eigenvalue weighted by Gasteiger charge is 2.38. The molecule has 8 heteroatoms. The molecule has 1 aliphatic carbocycles. The van der Waals surface area contributed by atoms with E-state index in [9.17, 15) is 9.18 Å². The molecule has 6 rings (SSSR count). The number of halogens is 1. The monoisotopic (exact) mass is 519 g/mol. The Balaban J connectivity index is 1.31. The van der Waals surface area contributed by atoms with E-state index < -0.39 is 5.79 Å². The summed E-state index contributed by atoms with van der Waals surface area (Å²) in [5.41, 5.74) is 1.93. The molecule has 0 spiro atoms. The first-order valence-electron chi connectivity index (χ1n) is 13.5. The van der Waals surface area contributed by atoms with Gasteiger partial charge in [0.25, 0.3) is 5.91 Å². The van der Waals surface area contributed by atoms with Crippen LogP contribution in [-0.2, 0) is 6.54 Å². The van der Waals surface area contributed by atoms with Crippen molar-refractivity contribution in [2.75, 3.05) is 13.7 Å². The topological polar surface area (TPSA) is 72.9 Å². The Hall–Kier alpha value is -3.39. The van der Waals surface area contributed by atoms with Crippen molar-refractivity contribution in [1.29, 1.82) is 0 Å². The van der Waals surface area contributed by atoms with Crippen LogP contribution in [0.15, 0.2) is 42.5 Å². The van der Waals surface area contributed by atoms with Crippen LogP contribution in [0.5, 0.6) is 17.2 Å². The minimum Gasteiger partial charge on any atom is -0.493 e. The van der Waals surface area contributed by atoms with Crippen molar-refractivity contribution in [2.45, 2.75) is 70.4 Å². The van der Waals surface area contributed by atoms with Crippen LogP contribution in [0.1, 0.15) is 62.0 Å². The van der Waals surface area contributed by atoms with E-state index in [0.29, 0.717) is 53.4 Å². The minimum absolute atomic E-state index is 0.128. The highest BCUT2D eigenvalue weighted by Crippen LogP contribution is 2.47. The summed E-state index contributed by atoms with van der Waals surface area (Å²) < 4.78 is 31.1. The number of nitrogens with zero attached hydrogens (tertiary/aromatic N) is 2. The van der Waals surface area contributed by atoms with Gasteiger partial charge in [-0.05, 0) is 61.6 Å². The maximum atomic E-state index is 14.1. The molecule has 0 radical (unpaired) electrons. The second kappa shape index (κ2) is 9.73. The number of pyridine rings is 1. The van der Waals surface area contributed by atoms with Gasteiger partial charge in [-0.3, -0.25) is 9.78 Å². The molecule has 3 atom stereocenters. The van der Waals surface area contributed by atoms with Gasteiger partial charge in [0.15, 0.2) is 11.5 Å². The number of ether oxygens (including phenoxy) is 3. The molecule has 3 aromatic rings. The van der Waals surface area contributed by atoms with Crippen LogP contribution in [0.2, 0.25) is 0 Å². The fourth-order valence-corrected chi connectivity index (χ4v) is 6.22. The standard InChI is InChI=1S/C30H34FN3O4/c1-30(2)37-27-15-20(14-26(36-3)28(27)38-30)29(35)34(17-23-13-18-6-4-5-7-24(18)33-23)16-22-10-8-19-12-21(31)9-11-25(19)32-22/h8-12,14-15,18,23-24,33H,4-7,13,16-17H2,1-3H3/t18-,23-,24-/m0/s1. The third-order valence-corrected chi connectivity index (χ3v) is 7.93. The summed E-state index contributed by atoms with van der Waals surface area (Å²) in [5.74, 6) is 0.878. The molecule has 2 fully saturated rings. The second-order valence-electron chi connectivity index (χ2n) is 11.2. The Labute approximate surface area is 222 Å². The number of rotatable bonds is 6. The van der Waals surface area contributed by atoms with Crippen LogP contribution >= 0.6 is 0 Å². The molecule has 2 aliphatic heterocycles. The molecule has 2 aromatic carbocycles. The highest BCUT2D eigenvalue weighted by molar-refractivity contribution is 5.96. The van der Waals surface area contributed by atoms with Gasteiger partial charge in [-0.2, -0.15) is 0 Å². The first-order valence-corrected chi connectivity index (χ1v) is 13.5. The van der Waals surface area contributed by atoms with Crippen LogP contribution in [0.4, 0.5) is 4.39 Å². The maximum absolute atomic E-state index is 14.1. The van der Waals surface area contributed by atoms with E-state index in [1.165, 1.54) is 37.8 Å². The van der Waals surface area contributed by atoms with Crippen molar-refractivity contribution in [3.63, 3.8) is 0 Å². The van der Waals surface area contributed by atoms with Gasteiger partial charge in [0.1, 0.15) is 5.82 Å². The highest BCUT2D eigenvalue weighted by atomic mass is 19.1. The zero-order valence-corrected chi connectivity index (χ0v) is 22.1. The molecule has 3 aliphatic rings. The summed E-state index contributed by atoms with van der Waals surface area (Å²) in [6.45, 7) is 4.55. The van der Waals surface area contributed by atoms with Crippen LogP contribution < -0.4 is 19.5 Å². The van der Waals surface area contributed by atoms with Crippen molar-refractivity contribution < 1.29 is 23.4 Å². The molecular weight excluding hydrogens is 485 g/mol. The van der Waals surface area contributed by atoms with Gasteiger partial charge in [0.05, 0.1) is 24.9 Å². The number of fused-ring (bicyclic) bond motifs is 3. The fraction of sp³-hybridized carbons (Fsp3) is 0.467. The first-order chi connectivity index (χ1) is 18.3. The number of carbonyl (C=O) groups is 1. The predicted molar refractivity (Wildman–Crippen MR) is 142 cm³/mol. The number of methoxy groups -OCH3 is 1. The maximum Gasteiger partial charge on any atom is 0.254 e. The molecular formula is C30H34FN3O4. The van der Waals surface area contributed by atoms with Gasteiger partial charge >= 0.3 is 0 Å². The zero-order valence-electron chi connectivity index (χ0n) is 22.1. The van der Waals surface area contributed by atoms with Crippen molar-refractivity contribution in [1.82, 2.24) is 15.2 Å². The number of amides is 1. The largest absolute Gasteiger partial charge is 0.493 e. The van der Waals surface area contributed by atoms with Crippen LogP contribution in [0.3, 0.4) is 0 Å². The molecule has 7 nitrogen and oxygen atoms in total. The Morgan fingerprint density at radius 2 is 2.00 bits per heavy atom. The van der Waals surface area contributed by atoms with Crippen LogP contribution in [-0.4, -0.2) is 47.3 Å². The number of nitrogens with one attached hydrogen (secondary N) is 1. The molecule has 38 heavy (non-hydrogen) atoms. The molecule has 1 saturated carbocycles. The van der Waals surface area contributed by atoms with Crippen LogP contribution in [0, 0.1) is 11.7 Å². The lowest BCUT2D eigenvalue weighted by atomic mass is 9.85. The van der Waals surface area contributed by atoms with Crippen molar-refractivity contribution in [3.8, 4) is 17.2 Å². The normalized spacial score (nSPS) is 23.3. The molecule has 3 heterocycles. The summed E-state index contributed by atoms with van der Waals surface area (Å²) in [5, 5.41) is 4.53. The molecule has 1 saturated heterocycles. The van der Waals surface area contributed by atoms with Crippen LogP contribution in [0.25, 0.3) is 10.9 Å². The number of aromatic nitrogens is 1. The van der Waals surface area contributed by atoms with E-state index >= 15 is 0 Å². The fourth-order valence-electron chi connectivity index (χ4n) is 6.22. The Morgan fingerprint density at radius 3 is 2.82 bits per heavy atom. The van der Waals surface area contributed by atoms with E-state index in [1.807, 2.05) is 30.9 Å². The van der Waals surface area contributed by atoms with Crippen molar-refractivity contribution in [3.05, 3.63) is 59.5 Å². The van der Waals surface area contributed by atoms with E-state index in [-0.39, 0.29) is 17.8 Å². The van der Waals surface area contributed by atoms with Crippen molar-refractivity contribution >= 4 is 16.8 Å². The third-order valence-electron chi connectivity index (χ3n) is 7.93. The predicted octanol–water partition coefficient (Wildman–Crippen LogP) is 5.45. The average molecular weight is 520 g/mol. The van der Waals surface area contributed by atoms with Gasteiger partial charge < -0.3 is 24.4 Å². The van der Waals surface area contributed by atoms with Gasteiger partial charge in [-0.15, -0.1) is 0 Å². The number of hydrogen-bond donors (Lipinski definition) is 1. The summed E-state index contributed by atoms with van der Waals surface area (Å²) >= 11 is 0. The Kier molecular flexibility index (Phi) is 6.38. The molecule has 0 bridgehead atoms. The molecule has 1 amide bonds. The van der Waals surface area contributed by atoms with E-state index in [2.05, 4.69) is 5.32 Å². The van der Waals surface area contributed by atoms with Gasteiger partial charge in [0.2, 0.25) is 11.5 Å². The third kappa shape index (κ3) is 4.89. The lowest BCUT2D eigenvalue weighted by Gasteiger charge is -2.27. The molecule has 0 unspecified atom stereocenters. The van der Waals surface area contributed by atoms with E-state index in [4.69, 9.17) is 19.2 Å². The Morgan fingerprint density at radius 1 is 1.16 bits per heavy atom. The first kappa shape index (κ1) is 24.9. The SMILES string of the molecule is COc1cc(C(=O)N(Cc2ccc3cc(F)ccc3n2)C[C@@H]2C[C@@H]3CCCC[C@@H]3N2)cc2c1OC(C)(C)O2. The van der Waals surface area contributed by atoms with Gasteiger partial charge in [-0.1, -0.05) is 18.9 Å². The summed E-state index contributed by atoms with van der Waals surface area (Å²) in [7, 11) is 1.56. The molecule has 200 valence electrons. The number of carbonyl (C=O) groups excluding carboxylic acids is 1.